The topological polar surface area (TPSA) is 54.0 Å². The summed E-state index contributed by atoms with van der Waals surface area (Å²) < 4.78 is 0. The fraction of sp³-hybridized carbons (Fsp3) is 0.455. The maximum Gasteiger partial charge on any atom is 0.237 e. The number of aromatic nitrogens is 1. The first-order chi connectivity index (χ1) is 7.75. The highest BCUT2D eigenvalue weighted by molar-refractivity contribution is 6.30. The zero-order valence-electron chi connectivity index (χ0n) is 8.87. The first-order valence-electron chi connectivity index (χ1n) is 5.37. The average molecular weight is 240 g/mol. The smallest absolute Gasteiger partial charge is 0.237 e. The molecule has 1 aromatic heterocycles. The predicted molar refractivity (Wildman–Crippen MR) is 62.1 cm³/mol. The van der Waals surface area contributed by atoms with Crippen LogP contribution < -0.4 is 10.6 Å². The van der Waals surface area contributed by atoms with Gasteiger partial charge >= 0.3 is 0 Å². The van der Waals surface area contributed by atoms with Crippen molar-refractivity contribution in [3.05, 3.63) is 29.0 Å². The van der Waals surface area contributed by atoms with Gasteiger partial charge in [-0.05, 0) is 31.5 Å². The SMILES string of the molecule is O=C(NCc1cc(Cl)ccn1)[C@H]1CCCN1. The fourth-order valence-corrected chi connectivity index (χ4v) is 1.94. The van der Waals surface area contributed by atoms with E-state index >= 15 is 0 Å². The molecule has 0 spiro atoms. The van der Waals surface area contributed by atoms with E-state index in [1.54, 1.807) is 18.3 Å². The molecular formula is C11H14ClN3O. The molecule has 0 bridgehead atoms. The molecule has 2 N–H and O–H groups in total. The molecule has 86 valence electrons. The van der Waals surface area contributed by atoms with Crippen molar-refractivity contribution in [2.75, 3.05) is 6.54 Å². The van der Waals surface area contributed by atoms with Crippen molar-refractivity contribution in [3.8, 4) is 0 Å². The van der Waals surface area contributed by atoms with Crippen LogP contribution in [0.3, 0.4) is 0 Å². The first-order valence-corrected chi connectivity index (χ1v) is 5.75. The van der Waals surface area contributed by atoms with Gasteiger partial charge in [0.2, 0.25) is 5.91 Å². The van der Waals surface area contributed by atoms with Gasteiger partial charge in [0.05, 0.1) is 18.3 Å². The van der Waals surface area contributed by atoms with Gasteiger partial charge in [0.15, 0.2) is 0 Å². The molecule has 0 aromatic carbocycles. The lowest BCUT2D eigenvalue weighted by molar-refractivity contribution is -0.122. The summed E-state index contributed by atoms with van der Waals surface area (Å²) in [6.45, 7) is 1.35. The first kappa shape index (κ1) is 11.4. The zero-order chi connectivity index (χ0) is 11.4. The Hall–Kier alpha value is -1.13. The summed E-state index contributed by atoms with van der Waals surface area (Å²) in [6.07, 6.45) is 3.61. The van der Waals surface area contributed by atoms with Crippen molar-refractivity contribution < 1.29 is 4.79 Å². The highest BCUT2D eigenvalue weighted by Crippen LogP contribution is 2.08. The van der Waals surface area contributed by atoms with Gasteiger partial charge in [-0.15, -0.1) is 0 Å². The van der Waals surface area contributed by atoms with Crippen molar-refractivity contribution in [1.82, 2.24) is 15.6 Å². The minimum atomic E-state index is -0.0424. The van der Waals surface area contributed by atoms with Gasteiger partial charge in [-0.3, -0.25) is 9.78 Å². The molecule has 16 heavy (non-hydrogen) atoms. The van der Waals surface area contributed by atoms with E-state index in [9.17, 15) is 4.79 Å². The number of nitrogens with one attached hydrogen (secondary N) is 2. The molecule has 2 rings (SSSR count). The molecule has 1 atom stereocenters. The van der Waals surface area contributed by atoms with Crippen LogP contribution in [0, 0.1) is 0 Å². The Morgan fingerprint density at radius 1 is 1.69 bits per heavy atom. The average Bonchev–Trinajstić information content (AvgIpc) is 2.79. The molecule has 2 heterocycles. The number of carbonyl (C=O) groups excluding carboxylic acids is 1. The Balaban J connectivity index is 1.84. The molecular weight excluding hydrogens is 226 g/mol. The second-order valence-corrected chi connectivity index (χ2v) is 4.27. The summed E-state index contributed by atoms with van der Waals surface area (Å²) in [4.78, 5) is 15.8. The molecule has 1 aliphatic heterocycles. The normalized spacial score (nSPS) is 19.7. The Bertz CT molecular complexity index is 377. The molecule has 0 unspecified atom stereocenters. The Morgan fingerprint density at radius 2 is 2.56 bits per heavy atom. The molecule has 1 saturated heterocycles. The van der Waals surface area contributed by atoms with Crippen LogP contribution in [0.1, 0.15) is 18.5 Å². The molecule has 1 fully saturated rings. The van der Waals surface area contributed by atoms with E-state index in [0.717, 1.165) is 25.1 Å². The maximum atomic E-state index is 11.7. The summed E-state index contributed by atoms with van der Waals surface area (Å²) in [6, 6.07) is 3.43. The lowest BCUT2D eigenvalue weighted by Crippen LogP contribution is -2.40. The molecule has 1 aromatic rings. The zero-order valence-corrected chi connectivity index (χ0v) is 9.63. The third-order valence-electron chi connectivity index (χ3n) is 2.60. The molecule has 0 radical (unpaired) electrons. The lowest BCUT2D eigenvalue weighted by Gasteiger charge is -2.10. The van der Waals surface area contributed by atoms with Crippen LogP contribution in [-0.2, 0) is 11.3 Å². The van der Waals surface area contributed by atoms with Gasteiger partial charge < -0.3 is 10.6 Å². The van der Waals surface area contributed by atoms with Gasteiger partial charge in [0.1, 0.15) is 0 Å². The number of amides is 1. The number of hydrogen-bond acceptors (Lipinski definition) is 3. The van der Waals surface area contributed by atoms with Crippen LogP contribution >= 0.6 is 11.6 Å². The molecule has 1 aliphatic rings. The number of nitrogens with zero attached hydrogens (tertiary/aromatic N) is 1. The van der Waals surface area contributed by atoms with E-state index in [2.05, 4.69) is 15.6 Å². The standard InChI is InChI=1S/C11H14ClN3O/c12-8-3-5-13-9(6-8)7-15-11(16)10-2-1-4-14-10/h3,5-6,10,14H,1-2,4,7H2,(H,15,16)/t10-/m1/s1. The van der Waals surface area contributed by atoms with E-state index in [1.807, 2.05) is 0 Å². The van der Waals surface area contributed by atoms with Gasteiger partial charge in [0, 0.05) is 11.2 Å². The second kappa shape index (κ2) is 5.27. The third-order valence-corrected chi connectivity index (χ3v) is 2.83. The van der Waals surface area contributed by atoms with Crippen molar-refractivity contribution in [3.63, 3.8) is 0 Å². The summed E-state index contributed by atoms with van der Waals surface area (Å²) in [5.41, 5.74) is 0.777. The molecule has 5 heteroatoms. The van der Waals surface area contributed by atoms with Gasteiger partial charge in [-0.25, -0.2) is 0 Å². The van der Waals surface area contributed by atoms with Gasteiger partial charge in [-0.2, -0.15) is 0 Å². The van der Waals surface area contributed by atoms with Gasteiger partial charge in [-0.1, -0.05) is 11.6 Å². The fourth-order valence-electron chi connectivity index (χ4n) is 1.75. The van der Waals surface area contributed by atoms with Crippen molar-refractivity contribution >= 4 is 17.5 Å². The third kappa shape index (κ3) is 2.93. The van der Waals surface area contributed by atoms with E-state index in [4.69, 9.17) is 11.6 Å². The molecule has 0 aliphatic carbocycles. The Kier molecular flexibility index (Phi) is 3.74. The summed E-state index contributed by atoms with van der Waals surface area (Å²) in [7, 11) is 0. The van der Waals surface area contributed by atoms with E-state index in [-0.39, 0.29) is 11.9 Å². The van der Waals surface area contributed by atoms with E-state index < -0.39 is 0 Å². The minimum absolute atomic E-state index is 0.0410. The number of halogens is 1. The summed E-state index contributed by atoms with van der Waals surface area (Å²) in [5, 5.41) is 6.63. The van der Waals surface area contributed by atoms with Crippen LogP contribution in [0.2, 0.25) is 5.02 Å². The largest absolute Gasteiger partial charge is 0.349 e. The summed E-state index contributed by atoms with van der Waals surface area (Å²) in [5.74, 6) is 0.0410. The molecule has 4 nitrogen and oxygen atoms in total. The number of pyridine rings is 1. The summed E-state index contributed by atoms with van der Waals surface area (Å²) >= 11 is 5.82. The predicted octanol–water partition coefficient (Wildman–Crippen LogP) is 1.10. The number of carbonyl (C=O) groups is 1. The highest BCUT2D eigenvalue weighted by Gasteiger charge is 2.21. The van der Waals surface area contributed by atoms with Crippen molar-refractivity contribution in [2.24, 2.45) is 0 Å². The van der Waals surface area contributed by atoms with Crippen molar-refractivity contribution in [1.29, 1.82) is 0 Å². The van der Waals surface area contributed by atoms with Gasteiger partial charge in [0.25, 0.3) is 0 Å². The molecule has 1 amide bonds. The quantitative estimate of drug-likeness (QED) is 0.831. The monoisotopic (exact) mass is 239 g/mol. The van der Waals surface area contributed by atoms with Crippen LogP contribution in [0.15, 0.2) is 18.3 Å². The Morgan fingerprint density at radius 3 is 3.25 bits per heavy atom. The van der Waals surface area contributed by atoms with Crippen molar-refractivity contribution in [2.45, 2.75) is 25.4 Å². The van der Waals surface area contributed by atoms with Crippen LogP contribution in [-0.4, -0.2) is 23.5 Å². The second-order valence-electron chi connectivity index (χ2n) is 3.83. The minimum Gasteiger partial charge on any atom is -0.349 e. The maximum absolute atomic E-state index is 11.7. The Labute approximate surface area is 99.4 Å². The molecule has 0 saturated carbocycles. The number of hydrogen-bond donors (Lipinski definition) is 2. The highest BCUT2D eigenvalue weighted by atomic mass is 35.5. The van der Waals surface area contributed by atoms with Crippen LogP contribution in [0.5, 0.6) is 0 Å². The van der Waals surface area contributed by atoms with Crippen LogP contribution in [0.4, 0.5) is 0 Å². The number of rotatable bonds is 3. The van der Waals surface area contributed by atoms with E-state index in [0.29, 0.717) is 11.6 Å². The van der Waals surface area contributed by atoms with E-state index in [1.165, 1.54) is 0 Å². The van der Waals surface area contributed by atoms with Crippen LogP contribution in [0.25, 0.3) is 0 Å². The lowest BCUT2D eigenvalue weighted by atomic mass is 10.2.